The van der Waals surface area contributed by atoms with E-state index in [4.69, 9.17) is 0 Å². The number of carbonyl (C=O) groups excluding carboxylic acids is 2. The van der Waals surface area contributed by atoms with Gasteiger partial charge in [-0.15, -0.1) is 0 Å². The molecule has 2 unspecified atom stereocenters. The highest BCUT2D eigenvalue weighted by atomic mass is 16.3. The average Bonchev–Trinajstić information content (AvgIpc) is 2.52. The number of piperidine rings is 1. The van der Waals surface area contributed by atoms with Crippen LogP contribution in [0, 0.1) is 17.3 Å². The Morgan fingerprint density at radius 3 is 1.71 bits per heavy atom. The number of aliphatic hydroxyl groups is 1. The van der Waals surface area contributed by atoms with Gasteiger partial charge in [-0.2, -0.15) is 0 Å². The van der Waals surface area contributed by atoms with E-state index in [1.54, 1.807) is 27.7 Å². The summed E-state index contributed by atoms with van der Waals surface area (Å²) in [5.41, 5.74) is -2.18. The summed E-state index contributed by atoms with van der Waals surface area (Å²) in [4.78, 5) is 25.8. The van der Waals surface area contributed by atoms with Gasteiger partial charge in [-0.05, 0) is 33.1 Å². The van der Waals surface area contributed by atoms with Crippen LogP contribution in [0.25, 0.3) is 0 Å². The first-order chi connectivity index (χ1) is 7.44. The molecule has 0 aromatic carbocycles. The number of fused-ring (bicyclic) bond motifs is 1. The van der Waals surface area contributed by atoms with Crippen molar-refractivity contribution in [3.05, 3.63) is 0 Å². The van der Waals surface area contributed by atoms with Crippen molar-refractivity contribution < 1.29 is 14.7 Å². The molecular weight excluding hydrogens is 218 g/mol. The van der Waals surface area contributed by atoms with Crippen LogP contribution in [0.4, 0.5) is 0 Å². The molecule has 96 valence electrons. The quantitative estimate of drug-likeness (QED) is 0.736. The zero-order valence-corrected chi connectivity index (χ0v) is 11.4. The van der Waals surface area contributed by atoms with Crippen molar-refractivity contribution in [2.75, 3.05) is 0 Å². The van der Waals surface area contributed by atoms with Gasteiger partial charge in [0.1, 0.15) is 0 Å². The van der Waals surface area contributed by atoms with Crippen LogP contribution in [-0.4, -0.2) is 33.0 Å². The van der Waals surface area contributed by atoms with E-state index in [2.05, 4.69) is 0 Å². The summed E-state index contributed by atoms with van der Waals surface area (Å²) in [6, 6.07) is 0. The van der Waals surface area contributed by atoms with Crippen LogP contribution in [0.2, 0.25) is 0 Å². The van der Waals surface area contributed by atoms with Crippen LogP contribution in [0.3, 0.4) is 0 Å². The average molecular weight is 239 g/mol. The summed E-state index contributed by atoms with van der Waals surface area (Å²) in [7, 11) is 0. The van der Waals surface area contributed by atoms with Crippen LogP contribution in [0.1, 0.15) is 41.5 Å². The molecule has 1 saturated carbocycles. The molecule has 2 rings (SSSR count). The first-order valence-corrected chi connectivity index (χ1v) is 6.04. The molecule has 0 radical (unpaired) electrons. The molecular formula is C13H21NO3. The van der Waals surface area contributed by atoms with Gasteiger partial charge in [0, 0.05) is 0 Å². The lowest BCUT2D eigenvalue weighted by molar-refractivity contribution is -0.160. The lowest BCUT2D eigenvalue weighted by Gasteiger charge is -2.44. The van der Waals surface area contributed by atoms with Crippen molar-refractivity contribution in [1.29, 1.82) is 0 Å². The van der Waals surface area contributed by atoms with Crippen LogP contribution >= 0.6 is 0 Å². The highest BCUT2D eigenvalue weighted by Crippen LogP contribution is 2.64. The predicted molar refractivity (Wildman–Crippen MR) is 63.0 cm³/mol. The molecule has 1 heterocycles. The summed E-state index contributed by atoms with van der Waals surface area (Å²) in [6.07, 6.45) is 0. The zero-order valence-electron chi connectivity index (χ0n) is 11.4. The van der Waals surface area contributed by atoms with E-state index in [0.717, 1.165) is 0 Å². The monoisotopic (exact) mass is 239 g/mol. The highest BCUT2D eigenvalue weighted by Gasteiger charge is 2.74. The van der Waals surface area contributed by atoms with E-state index >= 15 is 0 Å². The van der Waals surface area contributed by atoms with Gasteiger partial charge in [-0.25, -0.2) is 0 Å². The van der Waals surface area contributed by atoms with Crippen molar-refractivity contribution in [1.82, 2.24) is 4.90 Å². The highest BCUT2D eigenvalue weighted by molar-refractivity contribution is 6.11. The minimum atomic E-state index is -1.11. The molecule has 1 N–H and O–H groups in total. The number of nitrogens with zero attached hydrogens (tertiary/aromatic N) is 1. The number of likely N-dealkylation sites (tertiary alicyclic amines) is 1. The van der Waals surface area contributed by atoms with E-state index in [0.29, 0.717) is 0 Å². The molecule has 17 heavy (non-hydrogen) atoms. The summed E-state index contributed by atoms with van der Waals surface area (Å²) >= 11 is 0. The molecule has 0 aromatic heterocycles. The van der Waals surface area contributed by atoms with Gasteiger partial charge in [-0.1, -0.05) is 13.8 Å². The smallest absolute Gasteiger partial charge is 0.234 e. The third-order valence-corrected chi connectivity index (χ3v) is 4.86. The van der Waals surface area contributed by atoms with Gasteiger partial charge < -0.3 is 5.11 Å². The second-order valence-electron chi connectivity index (χ2n) is 6.91. The maximum absolute atomic E-state index is 12.3. The van der Waals surface area contributed by atoms with Crippen LogP contribution in [0.15, 0.2) is 0 Å². The molecule has 1 aliphatic carbocycles. The molecule has 0 bridgehead atoms. The van der Waals surface area contributed by atoms with E-state index in [9.17, 15) is 14.7 Å². The Kier molecular flexibility index (Phi) is 2.15. The molecule has 0 spiro atoms. The summed E-state index contributed by atoms with van der Waals surface area (Å²) in [5.74, 6) is -0.623. The molecule has 4 heteroatoms. The van der Waals surface area contributed by atoms with Gasteiger partial charge >= 0.3 is 0 Å². The number of rotatable bonds is 2. The van der Waals surface area contributed by atoms with E-state index in [-0.39, 0.29) is 29.1 Å². The lowest BCUT2D eigenvalue weighted by Crippen LogP contribution is -2.61. The van der Waals surface area contributed by atoms with Gasteiger partial charge in [0.15, 0.2) is 0 Å². The zero-order chi connectivity index (χ0) is 13.4. The van der Waals surface area contributed by atoms with Gasteiger partial charge in [-0.3, -0.25) is 14.5 Å². The van der Waals surface area contributed by atoms with Gasteiger partial charge in [0.25, 0.3) is 0 Å². The van der Waals surface area contributed by atoms with Crippen LogP contribution < -0.4 is 0 Å². The first kappa shape index (κ1) is 12.6. The molecule has 2 amide bonds. The summed E-state index contributed by atoms with van der Waals surface area (Å²) in [6.45, 7) is 10.6. The predicted octanol–water partition coefficient (Wildman–Crippen LogP) is 1.18. The van der Waals surface area contributed by atoms with E-state index < -0.39 is 11.1 Å². The third-order valence-electron chi connectivity index (χ3n) is 4.86. The number of imide groups is 1. The maximum Gasteiger partial charge on any atom is 0.234 e. The minimum absolute atomic E-state index is 0.128. The fourth-order valence-electron chi connectivity index (χ4n) is 2.77. The Bertz CT molecular complexity index is 379. The number of hydrogen-bond acceptors (Lipinski definition) is 3. The summed E-state index contributed by atoms with van der Waals surface area (Å²) < 4.78 is 0. The second kappa shape index (κ2) is 2.91. The molecule has 1 aliphatic heterocycles. The normalized spacial score (nSPS) is 31.8. The number of carbonyl (C=O) groups is 2. The molecule has 2 fully saturated rings. The van der Waals surface area contributed by atoms with Gasteiger partial charge in [0.2, 0.25) is 11.8 Å². The molecule has 2 atom stereocenters. The molecule has 4 nitrogen and oxygen atoms in total. The van der Waals surface area contributed by atoms with Crippen molar-refractivity contribution in [3.8, 4) is 0 Å². The standard InChI is InChI=1S/C13H21NO3/c1-11(2)7-8(11)10(16)14(9(7)15)12(3,4)13(5,6)17/h7-8,17H,1-6H3. The van der Waals surface area contributed by atoms with Crippen LogP contribution in [-0.2, 0) is 9.59 Å². The largest absolute Gasteiger partial charge is 0.388 e. The second-order valence-corrected chi connectivity index (χ2v) is 6.91. The van der Waals surface area contributed by atoms with Crippen molar-refractivity contribution >= 4 is 11.8 Å². The number of amides is 2. The Morgan fingerprint density at radius 1 is 1.06 bits per heavy atom. The molecule has 0 aromatic rings. The Labute approximate surface area is 102 Å². The lowest BCUT2D eigenvalue weighted by atomic mass is 9.83. The fourth-order valence-corrected chi connectivity index (χ4v) is 2.77. The van der Waals surface area contributed by atoms with Gasteiger partial charge in [0.05, 0.1) is 23.0 Å². The van der Waals surface area contributed by atoms with Crippen molar-refractivity contribution in [3.63, 3.8) is 0 Å². The van der Waals surface area contributed by atoms with E-state index in [1.165, 1.54) is 4.90 Å². The Balaban J connectivity index is 2.34. The van der Waals surface area contributed by atoms with Crippen molar-refractivity contribution in [2.24, 2.45) is 17.3 Å². The third kappa shape index (κ3) is 1.33. The molecule has 2 aliphatic rings. The number of hydrogen-bond donors (Lipinski definition) is 1. The Morgan fingerprint density at radius 2 is 1.41 bits per heavy atom. The first-order valence-electron chi connectivity index (χ1n) is 6.04. The van der Waals surface area contributed by atoms with E-state index in [1.807, 2.05) is 13.8 Å². The van der Waals surface area contributed by atoms with Crippen LogP contribution in [0.5, 0.6) is 0 Å². The fraction of sp³-hybridized carbons (Fsp3) is 0.846. The SMILES string of the molecule is CC1(C)C2C(=O)N(C(C)(C)C(C)(C)O)C(=O)C21. The molecule has 1 saturated heterocycles. The van der Waals surface area contributed by atoms with Crippen molar-refractivity contribution in [2.45, 2.75) is 52.7 Å². The maximum atomic E-state index is 12.3. The Hall–Kier alpha value is -0.900. The topological polar surface area (TPSA) is 57.6 Å². The minimum Gasteiger partial charge on any atom is -0.388 e. The summed E-state index contributed by atoms with van der Waals surface area (Å²) in [5, 5.41) is 10.1.